The summed E-state index contributed by atoms with van der Waals surface area (Å²) < 4.78 is 13.5. The number of rotatable bonds is 3. The van der Waals surface area contributed by atoms with Crippen molar-refractivity contribution in [2.45, 2.75) is 25.0 Å². The summed E-state index contributed by atoms with van der Waals surface area (Å²) in [5.74, 6) is -1.29. The number of nitrogens with zero attached hydrogens (tertiary/aromatic N) is 2. The van der Waals surface area contributed by atoms with Crippen LogP contribution >= 0.6 is 0 Å². The Bertz CT molecular complexity index is 570. The average molecular weight is 277 g/mol. The molecule has 0 unspecified atom stereocenters. The molecule has 0 saturated carbocycles. The van der Waals surface area contributed by atoms with Crippen LogP contribution in [0.3, 0.4) is 0 Å². The van der Waals surface area contributed by atoms with Crippen LogP contribution in [0.25, 0.3) is 0 Å². The minimum atomic E-state index is -1.51. The van der Waals surface area contributed by atoms with Crippen LogP contribution in [-0.4, -0.2) is 34.6 Å². The van der Waals surface area contributed by atoms with Crippen LogP contribution in [0.1, 0.15) is 24.0 Å². The fourth-order valence-electron chi connectivity index (χ4n) is 2.47. The molecule has 0 bridgehead atoms. The molecule has 1 aliphatic rings. The monoisotopic (exact) mass is 277 g/mol. The summed E-state index contributed by atoms with van der Waals surface area (Å²) in [6.07, 6.45) is 0.999. The topological polar surface area (TPSA) is 90.3 Å². The molecule has 1 atom stereocenters. The zero-order chi connectivity index (χ0) is 14.8. The molecule has 1 saturated heterocycles. The second kappa shape index (κ2) is 5.57. The molecule has 5 nitrogen and oxygen atoms in total. The maximum atomic E-state index is 13.5. The second-order valence-corrected chi connectivity index (χ2v) is 5.14. The van der Waals surface area contributed by atoms with Crippen LogP contribution < -0.4 is 5.73 Å². The zero-order valence-electron chi connectivity index (χ0n) is 11.0. The Kier molecular flexibility index (Phi) is 4.02. The first-order chi connectivity index (χ1) is 9.44. The van der Waals surface area contributed by atoms with Crippen molar-refractivity contribution in [3.05, 3.63) is 35.1 Å². The molecule has 1 aromatic carbocycles. The van der Waals surface area contributed by atoms with Crippen LogP contribution in [0.15, 0.2) is 18.2 Å². The van der Waals surface area contributed by atoms with Crippen molar-refractivity contribution >= 4 is 5.91 Å². The Morgan fingerprint density at radius 2 is 2.35 bits per heavy atom. The van der Waals surface area contributed by atoms with E-state index in [1.54, 1.807) is 12.1 Å². The Morgan fingerprint density at radius 1 is 1.60 bits per heavy atom. The maximum absolute atomic E-state index is 13.5. The van der Waals surface area contributed by atoms with Gasteiger partial charge in [0.2, 0.25) is 0 Å². The summed E-state index contributed by atoms with van der Waals surface area (Å²) >= 11 is 0. The van der Waals surface area contributed by atoms with Gasteiger partial charge in [0.15, 0.2) is 5.60 Å². The van der Waals surface area contributed by atoms with E-state index in [0.29, 0.717) is 31.5 Å². The lowest BCUT2D eigenvalue weighted by atomic mass is 9.92. The van der Waals surface area contributed by atoms with Gasteiger partial charge in [-0.3, -0.25) is 9.69 Å². The van der Waals surface area contributed by atoms with Gasteiger partial charge in [-0.1, -0.05) is 6.07 Å². The summed E-state index contributed by atoms with van der Waals surface area (Å²) in [6.45, 7) is 1.25. The highest BCUT2D eigenvalue weighted by molar-refractivity contribution is 5.83. The standard InChI is InChI=1S/C14H16FN3O2/c15-12-6-10(2-3-11(12)7-16)8-18-5-1-4-14(20,9-18)13(17)19/h2-3,6,20H,1,4-5,8-9H2,(H2,17,19)/t14-/m1/s1. The third-order valence-electron chi connectivity index (χ3n) is 3.57. The number of likely N-dealkylation sites (tertiary alicyclic amines) is 1. The lowest BCUT2D eigenvalue weighted by molar-refractivity contribution is -0.142. The lowest BCUT2D eigenvalue weighted by Gasteiger charge is -2.37. The van der Waals surface area contributed by atoms with Crippen molar-refractivity contribution in [3.8, 4) is 6.07 Å². The first-order valence-electron chi connectivity index (χ1n) is 6.38. The van der Waals surface area contributed by atoms with Crippen LogP contribution in [-0.2, 0) is 11.3 Å². The fraction of sp³-hybridized carbons (Fsp3) is 0.429. The highest BCUT2D eigenvalue weighted by atomic mass is 19.1. The molecule has 1 heterocycles. The summed E-state index contributed by atoms with van der Waals surface area (Å²) in [6, 6.07) is 6.16. The summed E-state index contributed by atoms with van der Waals surface area (Å²) in [5.41, 5.74) is 4.39. The minimum Gasteiger partial charge on any atom is -0.379 e. The second-order valence-electron chi connectivity index (χ2n) is 5.14. The normalized spacial score (nSPS) is 23.2. The van der Waals surface area contributed by atoms with E-state index < -0.39 is 17.3 Å². The average Bonchev–Trinajstić information content (AvgIpc) is 2.39. The third kappa shape index (κ3) is 2.95. The molecule has 2 rings (SSSR count). The summed E-state index contributed by atoms with van der Waals surface area (Å²) in [7, 11) is 0. The number of primary amides is 1. The highest BCUT2D eigenvalue weighted by Gasteiger charge is 2.38. The Morgan fingerprint density at radius 3 is 2.95 bits per heavy atom. The molecule has 0 aliphatic carbocycles. The van der Waals surface area contributed by atoms with Crippen LogP contribution in [0.4, 0.5) is 4.39 Å². The molecule has 1 amide bonds. The van der Waals surface area contributed by atoms with Crippen molar-refractivity contribution in [2.75, 3.05) is 13.1 Å². The molecule has 0 radical (unpaired) electrons. The number of carbonyl (C=O) groups is 1. The summed E-state index contributed by atoms with van der Waals surface area (Å²) in [4.78, 5) is 13.1. The van der Waals surface area contributed by atoms with Gasteiger partial charge in [0.05, 0.1) is 5.56 Å². The number of benzene rings is 1. The van der Waals surface area contributed by atoms with Crippen LogP contribution in [0.2, 0.25) is 0 Å². The smallest absolute Gasteiger partial charge is 0.250 e. The van der Waals surface area contributed by atoms with E-state index in [1.807, 2.05) is 4.90 Å². The van der Waals surface area contributed by atoms with Crippen LogP contribution in [0.5, 0.6) is 0 Å². The SMILES string of the molecule is N#Cc1ccc(CN2CCC[C@](O)(C(N)=O)C2)cc1F. The quantitative estimate of drug-likeness (QED) is 0.842. The van der Waals surface area contributed by atoms with Gasteiger partial charge >= 0.3 is 0 Å². The number of hydrogen-bond acceptors (Lipinski definition) is 4. The van der Waals surface area contributed by atoms with E-state index in [2.05, 4.69) is 0 Å². The number of aliphatic hydroxyl groups is 1. The van der Waals surface area contributed by atoms with Gasteiger partial charge in [-0.2, -0.15) is 5.26 Å². The number of halogens is 1. The van der Waals surface area contributed by atoms with E-state index in [1.165, 1.54) is 12.1 Å². The lowest BCUT2D eigenvalue weighted by Crippen LogP contribution is -2.55. The zero-order valence-corrected chi connectivity index (χ0v) is 11.0. The number of amides is 1. The first-order valence-corrected chi connectivity index (χ1v) is 6.38. The molecule has 1 aromatic rings. The Balaban J connectivity index is 2.09. The predicted molar refractivity (Wildman–Crippen MR) is 69.8 cm³/mol. The minimum absolute atomic E-state index is 0.000958. The molecular weight excluding hydrogens is 261 g/mol. The van der Waals surface area contributed by atoms with E-state index in [0.717, 1.165) is 0 Å². The van der Waals surface area contributed by atoms with Gasteiger partial charge in [0, 0.05) is 13.1 Å². The largest absolute Gasteiger partial charge is 0.379 e. The van der Waals surface area contributed by atoms with Gasteiger partial charge in [-0.25, -0.2) is 4.39 Å². The van der Waals surface area contributed by atoms with Gasteiger partial charge in [-0.05, 0) is 37.1 Å². The number of carbonyl (C=O) groups excluding carboxylic acids is 1. The summed E-state index contributed by atoms with van der Waals surface area (Å²) in [5, 5.41) is 18.8. The van der Waals surface area contributed by atoms with Crippen molar-refractivity contribution < 1.29 is 14.3 Å². The van der Waals surface area contributed by atoms with Crippen molar-refractivity contribution in [1.29, 1.82) is 5.26 Å². The molecule has 1 fully saturated rings. The first kappa shape index (κ1) is 14.4. The number of β-amino-alcohol motifs (C(OH)–C–C–N with tert-alkyl or cyclic N) is 1. The number of hydrogen-bond donors (Lipinski definition) is 2. The van der Waals surface area contributed by atoms with E-state index in [4.69, 9.17) is 11.0 Å². The predicted octanol–water partition coefficient (Wildman–Crippen LogP) is 0.510. The molecular formula is C14H16FN3O2. The molecule has 0 spiro atoms. The molecule has 20 heavy (non-hydrogen) atoms. The van der Waals surface area contributed by atoms with Crippen LogP contribution in [0, 0.1) is 17.1 Å². The number of nitriles is 1. The number of nitrogens with two attached hydrogens (primary N) is 1. The molecule has 1 aliphatic heterocycles. The van der Waals surface area contributed by atoms with E-state index >= 15 is 0 Å². The molecule has 3 N–H and O–H groups in total. The van der Waals surface area contributed by atoms with E-state index in [9.17, 15) is 14.3 Å². The highest BCUT2D eigenvalue weighted by Crippen LogP contribution is 2.22. The molecule has 6 heteroatoms. The van der Waals surface area contributed by atoms with E-state index in [-0.39, 0.29) is 12.1 Å². The Hall–Kier alpha value is -1.97. The van der Waals surface area contributed by atoms with Gasteiger partial charge in [0.1, 0.15) is 11.9 Å². The van der Waals surface area contributed by atoms with Gasteiger partial charge < -0.3 is 10.8 Å². The molecule has 106 valence electrons. The molecule has 0 aromatic heterocycles. The van der Waals surface area contributed by atoms with Gasteiger partial charge in [-0.15, -0.1) is 0 Å². The maximum Gasteiger partial charge on any atom is 0.250 e. The van der Waals surface area contributed by atoms with Crippen molar-refractivity contribution in [3.63, 3.8) is 0 Å². The Labute approximate surface area is 116 Å². The number of piperidine rings is 1. The van der Waals surface area contributed by atoms with Gasteiger partial charge in [0.25, 0.3) is 5.91 Å². The third-order valence-corrected chi connectivity index (χ3v) is 3.57. The fourth-order valence-corrected chi connectivity index (χ4v) is 2.47. The van der Waals surface area contributed by atoms with Crippen molar-refractivity contribution in [2.24, 2.45) is 5.73 Å². The van der Waals surface area contributed by atoms with Crippen molar-refractivity contribution in [1.82, 2.24) is 4.90 Å².